The predicted molar refractivity (Wildman–Crippen MR) is 105 cm³/mol. The van der Waals surface area contributed by atoms with Gasteiger partial charge in [-0.1, -0.05) is 55.6 Å². The second kappa shape index (κ2) is 6.74. The molecule has 0 fully saturated rings. The van der Waals surface area contributed by atoms with E-state index in [0.717, 1.165) is 27.9 Å². The van der Waals surface area contributed by atoms with Crippen molar-refractivity contribution in [2.24, 2.45) is 7.05 Å². The van der Waals surface area contributed by atoms with Gasteiger partial charge in [-0.2, -0.15) is 0 Å². The number of rotatable bonds is 3. The quantitative estimate of drug-likeness (QED) is 0.493. The van der Waals surface area contributed by atoms with E-state index in [1.54, 1.807) is 0 Å². The molecule has 0 aliphatic rings. The lowest BCUT2D eigenvalue weighted by Gasteiger charge is -2.12. The fourth-order valence-electron chi connectivity index (χ4n) is 3.02. The Labute approximate surface area is 151 Å². The van der Waals surface area contributed by atoms with Gasteiger partial charge in [0.15, 0.2) is 6.20 Å². The minimum Gasteiger partial charge on any atom is -0.201 e. The minimum absolute atomic E-state index is 0.404. The van der Waals surface area contributed by atoms with E-state index < -0.39 is 15.6 Å². The van der Waals surface area contributed by atoms with E-state index in [1.807, 2.05) is 49.4 Å². The summed E-state index contributed by atoms with van der Waals surface area (Å²) >= 11 is 0. The molecule has 24 heavy (non-hydrogen) atoms. The van der Waals surface area contributed by atoms with E-state index in [1.165, 1.54) is 5.19 Å². The third-order valence-electron chi connectivity index (χ3n) is 4.44. The lowest BCUT2D eigenvalue weighted by molar-refractivity contribution is -0.659. The first-order valence-electron chi connectivity index (χ1n) is 9.69. The first-order valence-corrected chi connectivity index (χ1v) is 10.7. The molecule has 1 aromatic heterocycles. The van der Waals surface area contributed by atoms with Crippen molar-refractivity contribution in [1.29, 1.82) is 0 Å². The van der Waals surface area contributed by atoms with Crippen molar-refractivity contribution in [3.8, 4) is 22.4 Å². The first-order chi connectivity index (χ1) is 12.7. The Hall–Kier alpha value is -2.19. The molecule has 0 saturated carbocycles. The average molecular weight is 335 g/mol. The van der Waals surface area contributed by atoms with Crippen LogP contribution in [0.3, 0.4) is 0 Å². The number of benzene rings is 2. The topological polar surface area (TPSA) is 3.88 Å². The summed E-state index contributed by atoms with van der Waals surface area (Å²) in [5.41, 5.74) is 5.24. The van der Waals surface area contributed by atoms with Gasteiger partial charge in [0.05, 0.1) is 8.80 Å². The van der Waals surface area contributed by atoms with Crippen LogP contribution in [0, 0.1) is 13.8 Å². The number of aromatic nitrogens is 1. The smallest absolute Gasteiger partial charge is 0.201 e. The van der Waals surface area contributed by atoms with Crippen LogP contribution in [0.4, 0.5) is 0 Å². The van der Waals surface area contributed by atoms with Crippen molar-refractivity contribution in [2.45, 2.75) is 26.9 Å². The van der Waals surface area contributed by atoms with Gasteiger partial charge in [-0.05, 0) is 42.1 Å². The summed E-state index contributed by atoms with van der Waals surface area (Å²) in [6, 6.07) is 18.0. The molecule has 1 nitrogen and oxygen atoms in total. The molecule has 0 N–H and O–H groups in total. The third-order valence-corrected chi connectivity index (χ3v) is 5.89. The average Bonchev–Trinajstić information content (AvgIpc) is 2.61. The highest BCUT2D eigenvalue weighted by molar-refractivity contribution is 6.70. The van der Waals surface area contributed by atoms with Crippen LogP contribution < -0.4 is 9.75 Å². The van der Waals surface area contributed by atoms with Gasteiger partial charge >= 0.3 is 0 Å². The molecule has 0 spiro atoms. The monoisotopic (exact) mass is 334 g/mol. The summed E-state index contributed by atoms with van der Waals surface area (Å²) in [4.78, 5) is 0. The molecule has 2 heteroatoms. The van der Waals surface area contributed by atoms with E-state index in [4.69, 9.17) is 4.11 Å². The molecule has 0 aliphatic heterocycles. The first kappa shape index (κ1) is 13.1. The van der Waals surface area contributed by atoms with Gasteiger partial charge in [0.1, 0.15) is 7.05 Å². The Kier molecular flexibility index (Phi) is 3.69. The molecule has 121 valence electrons. The second-order valence-electron chi connectivity index (χ2n) is 6.49. The molecule has 0 amide bonds. The molecule has 3 rings (SSSR count). The van der Waals surface area contributed by atoms with Crippen LogP contribution >= 0.6 is 0 Å². The highest BCUT2D eigenvalue weighted by Crippen LogP contribution is 2.30. The van der Waals surface area contributed by atoms with Crippen molar-refractivity contribution in [3.63, 3.8) is 0 Å². The molecule has 0 aliphatic carbocycles. The summed E-state index contributed by atoms with van der Waals surface area (Å²) in [5, 5.41) is 1.38. The van der Waals surface area contributed by atoms with Crippen LogP contribution in [0.1, 0.15) is 15.2 Å². The Morgan fingerprint density at radius 1 is 0.917 bits per heavy atom. The maximum absolute atomic E-state index is 7.98. The van der Waals surface area contributed by atoms with Gasteiger partial charge in [0.2, 0.25) is 5.69 Å². The number of hydrogen-bond acceptors (Lipinski definition) is 0. The molecular formula is C22H25NSi+. The summed E-state index contributed by atoms with van der Waals surface area (Å²) in [5.74, 6) is 0. The summed E-state index contributed by atoms with van der Waals surface area (Å²) in [6.45, 7) is 4.40. The molecule has 0 saturated heterocycles. The van der Waals surface area contributed by atoms with E-state index in [-0.39, 0.29) is 0 Å². The van der Waals surface area contributed by atoms with Crippen LogP contribution in [0.5, 0.6) is 0 Å². The zero-order valence-electron chi connectivity index (χ0n) is 17.7. The number of pyridine rings is 1. The highest BCUT2D eigenvalue weighted by Gasteiger charge is 2.16. The van der Waals surface area contributed by atoms with E-state index >= 15 is 0 Å². The van der Waals surface area contributed by atoms with E-state index in [2.05, 4.69) is 43.0 Å². The van der Waals surface area contributed by atoms with Crippen LogP contribution in [-0.2, 0) is 7.05 Å². The number of nitrogens with zero attached hydrogens (tertiary/aromatic N) is 1. The van der Waals surface area contributed by atoms with Crippen LogP contribution in [0.15, 0.2) is 60.8 Å². The van der Waals surface area contributed by atoms with Crippen LogP contribution in [0.25, 0.3) is 22.4 Å². The maximum Gasteiger partial charge on any atom is 0.212 e. The zero-order chi connectivity index (χ0) is 19.8. The number of hydrogen-bond donors (Lipinski definition) is 0. The summed E-state index contributed by atoms with van der Waals surface area (Å²) < 4.78 is 26.1. The van der Waals surface area contributed by atoms with Gasteiger partial charge in [-0.3, -0.25) is 0 Å². The van der Waals surface area contributed by atoms with Gasteiger partial charge in [0, 0.05) is 20.9 Å². The van der Waals surface area contributed by atoms with Gasteiger partial charge in [0.25, 0.3) is 0 Å². The predicted octanol–water partition coefficient (Wildman–Crippen LogP) is 4.42. The van der Waals surface area contributed by atoms with Crippen molar-refractivity contribution in [2.75, 3.05) is 0 Å². The van der Waals surface area contributed by atoms with Crippen molar-refractivity contribution in [1.82, 2.24) is 0 Å². The Balaban J connectivity index is 2.24. The van der Waals surface area contributed by atoms with E-state index in [0.29, 0.717) is 5.56 Å². The molecule has 0 atom stereocenters. The molecule has 1 radical (unpaired) electrons. The number of aryl methyl sites for hydroxylation is 3. The fourth-order valence-corrected chi connectivity index (χ4v) is 3.89. The molecule has 1 heterocycles. The second-order valence-corrected chi connectivity index (χ2v) is 9.07. The van der Waals surface area contributed by atoms with Crippen molar-refractivity contribution < 1.29 is 8.68 Å². The summed E-state index contributed by atoms with van der Waals surface area (Å²) in [7, 11) is 1.54. The normalized spacial score (nSPS) is 13.5. The Morgan fingerprint density at radius 2 is 1.67 bits per heavy atom. The molecular weight excluding hydrogens is 306 g/mol. The minimum atomic E-state index is -2.15. The Bertz CT molecular complexity index is 963. The summed E-state index contributed by atoms with van der Waals surface area (Å²) in [6.07, 6.45) is 2.20. The standard InChI is InChI=1S/C22H25NSi/c1-16-13-17(2)21(14-20(16)18-9-7-6-8-10-18)22-12-11-19(24(4)5)15-23(22)3/h6-15H,1-5H3/q+1/i1D3. The molecule has 0 bridgehead atoms. The van der Waals surface area contributed by atoms with Gasteiger partial charge in [-0.25, -0.2) is 4.57 Å². The molecule has 2 aromatic carbocycles. The Morgan fingerprint density at radius 3 is 2.29 bits per heavy atom. The van der Waals surface area contributed by atoms with Crippen molar-refractivity contribution in [3.05, 3.63) is 71.9 Å². The lowest BCUT2D eigenvalue weighted by Crippen LogP contribution is -2.38. The third kappa shape index (κ3) is 3.20. The van der Waals surface area contributed by atoms with Crippen molar-refractivity contribution >= 4 is 14.0 Å². The zero-order valence-corrected chi connectivity index (χ0v) is 15.7. The fraction of sp³-hybridized carbons (Fsp3) is 0.227. The van der Waals surface area contributed by atoms with Crippen LogP contribution in [0.2, 0.25) is 13.1 Å². The molecule has 0 unspecified atom stereocenters. The highest BCUT2D eigenvalue weighted by atomic mass is 28.3. The van der Waals surface area contributed by atoms with Gasteiger partial charge < -0.3 is 0 Å². The molecule has 3 aromatic rings. The SMILES string of the molecule is [2H]C([2H])([2H])c1cc(C)c(-c2ccc([Si](C)C)c[n+]2C)cc1-c1ccccc1. The van der Waals surface area contributed by atoms with Crippen LogP contribution in [-0.4, -0.2) is 8.80 Å². The lowest BCUT2D eigenvalue weighted by atomic mass is 9.93. The van der Waals surface area contributed by atoms with E-state index in [9.17, 15) is 0 Å². The van der Waals surface area contributed by atoms with Gasteiger partial charge in [-0.15, -0.1) is 0 Å². The largest absolute Gasteiger partial charge is 0.212 e. The maximum atomic E-state index is 7.98.